The van der Waals surface area contributed by atoms with Gasteiger partial charge in [-0.05, 0) is 37.1 Å². The summed E-state index contributed by atoms with van der Waals surface area (Å²) in [6.45, 7) is 5.21. The lowest BCUT2D eigenvalue weighted by molar-refractivity contribution is -0.121. The van der Waals surface area contributed by atoms with Gasteiger partial charge in [0.15, 0.2) is 0 Å². The van der Waals surface area contributed by atoms with Crippen molar-refractivity contribution in [3.63, 3.8) is 0 Å². The fraction of sp³-hybridized carbons (Fsp3) is 0.444. The number of benzene rings is 1. The Morgan fingerprint density at radius 3 is 2.42 bits per heavy atom. The van der Waals surface area contributed by atoms with Gasteiger partial charge >= 0.3 is 0 Å². The maximum absolute atomic E-state index is 12.5. The maximum atomic E-state index is 12.5. The second-order valence-corrected chi connectivity index (χ2v) is 8.11. The van der Waals surface area contributed by atoms with Crippen molar-refractivity contribution in [1.82, 2.24) is 15.1 Å². The third-order valence-electron chi connectivity index (χ3n) is 4.41. The number of nitrogens with zero attached hydrogens (tertiary/aromatic N) is 3. The summed E-state index contributed by atoms with van der Waals surface area (Å²) in [5.74, 6) is 0.109. The summed E-state index contributed by atoms with van der Waals surface area (Å²) in [7, 11) is 0. The van der Waals surface area contributed by atoms with Crippen LogP contribution in [0.15, 0.2) is 24.3 Å². The fourth-order valence-corrected chi connectivity index (χ4v) is 3.72. The molecule has 6 nitrogen and oxygen atoms in total. The van der Waals surface area contributed by atoms with Gasteiger partial charge in [-0.15, -0.1) is 10.2 Å². The Bertz CT molecular complexity index is 783. The molecule has 1 N–H and O–H groups in total. The standard InChI is InChI=1S/C18H21ClN4O2S/c1-11(2)16-21-22-18(26-16)20-15(24)12-7-9-23(10-8-12)17(25)13-3-5-14(19)6-4-13/h3-6,11-12H,7-10H2,1-2H3,(H,20,22,24). The molecule has 2 aromatic rings. The van der Waals surface area contributed by atoms with Crippen LogP contribution in [0.1, 0.15) is 48.0 Å². The van der Waals surface area contributed by atoms with Crippen molar-refractivity contribution in [2.45, 2.75) is 32.6 Å². The first kappa shape index (κ1) is 18.8. The summed E-state index contributed by atoms with van der Waals surface area (Å²) in [5, 5.41) is 13.0. The number of hydrogen-bond acceptors (Lipinski definition) is 5. The van der Waals surface area contributed by atoms with Crippen molar-refractivity contribution in [3.8, 4) is 0 Å². The number of carbonyl (C=O) groups excluding carboxylic acids is 2. The number of rotatable bonds is 4. The van der Waals surface area contributed by atoms with Crippen molar-refractivity contribution in [2.24, 2.45) is 5.92 Å². The number of aromatic nitrogens is 2. The molecule has 0 saturated carbocycles. The second-order valence-electron chi connectivity index (χ2n) is 6.66. The molecule has 2 amide bonds. The minimum Gasteiger partial charge on any atom is -0.339 e. The van der Waals surface area contributed by atoms with Gasteiger partial charge < -0.3 is 10.2 Å². The van der Waals surface area contributed by atoms with Crippen LogP contribution in [-0.4, -0.2) is 40.0 Å². The van der Waals surface area contributed by atoms with Gasteiger partial charge in [-0.3, -0.25) is 9.59 Å². The molecule has 0 atom stereocenters. The van der Waals surface area contributed by atoms with Crippen LogP contribution in [0.25, 0.3) is 0 Å². The molecule has 1 fully saturated rings. The van der Waals surface area contributed by atoms with E-state index in [1.807, 2.05) is 13.8 Å². The number of piperidine rings is 1. The smallest absolute Gasteiger partial charge is 0.253 e. The molecule has 0 unspecified atom stereocenters. The van der Waals surface area contributed by atoms with E-state index < -0.39 is 0 Å². The highest BCUT2D eigenvalue weighted by molar-refractivity contribution is 7.15. The highest BCUT2D eigenvalue weighted by Crippen LogP contribution is 2.25. The zero-order chi connectivity index (χ0) is 18.7. The van der Waals surface area contributed by atoms with Gasteiger partial charge in [0.05, 0.1) is 0 Å². The zero-order valence-corrected chi connectivity index (χ0v) is 16.3. The van der Waals surface area contributed by atoms with E-state index in [-0.39, 0.29) is 17.7 Å². The molecular weight excluding hydrogens is 372 g/mol. The van der Waals surface area contributed by atoms with Gasteiger partial charge in [0.1, 0.15) is 5.01 Å². The minimum atomic E-state index is -0.115. The number of likely N-dealkylation sites (tertiary alicyclic amines) is 1. The molecule has 1 aliphatic rings. The molecular formula is C18H21ClN4O2S. The zero-order valence-electron chi connectivity index (χ0n) is 14.7. The van der Waals surface area contributed by atoms with Crippen LogP contribution in [0, 0.1) is 5.92 Å². The first-order valence-electron chi connectivity index (χ1n) is 8.63. The Labute approximate surface area is 161 Å². The molecule has 2 heterocycles. The van der Waals surface area contributed by atoms with E-state index in [9.17, 15) is 9.59 Å². The van der Waals surface area contributed by atoms with E-state index in [0.29, 0.717) is 47.6 Å². The van der Waals surface area contributed by atoms with Crippen LogP contribution in [0.2, 0.25) is 5.02 Å². The Balaban J connectivity index is 1.53. The van der Waals surface area contributed by atoms with Crippen LogP contribution in [0.4, 0.5) is 5.13 Å². The van der Waals surface area contributed by atoms with Gasteiger partial charge in [-0.1, -0.05) is 36.8 Å². The summed E-state index contributed by atoms with van der Waals surface area (Å²) in [4.78, 5) is 26.7. The number of amides is 2. The highest BCUT2D eigenvalue weighted by atomic mass is 35.5. The van der Waals surface area contributed by atoms with Crippen LogP contribution in [0.5, 0.6) is 0 Å². The molecule has 3 rings (SSSR count). The lowest BCUT2D eigenvalue weighted by atomic mass is 9.95. The first-order valence-corrected chi connectivity index (χ1v) is 9.82. The number of halogens is 1. The molecule has 1 saturated heterocycles. The lowest BCUT2D eigenvalue weighted by Gasteiger charge is -2.31. The Kier molecular flexibility index (Phi) is 5.88. The molecule has 1 aromatic carbocycles. The SMILES string of the molecule is CC(C)c1nnc(NC(=O)C2CCN(C(=O)c3ccc(Cl)cc3)CC2)s1. The molecule has 26 heavy (non-hydrogen) atoms. The number of nitrogens with one attached hydrogen (secondary N) is 1. The predicted molar refractivity (Wildman–Crippen MR) is 103 cm³/mol. The summed E-state index contributed by atoms with van der Waals surface area (Å²) < 4.78 is 0. The largest absolute Gasteiger partial charge is 0.339 e. The average molecular weight is 393 g/mol. The summed E-state index contributed by atoms with van der Waals surface area (Å²) in [6, 6.07) is 6.88. The molecule has 1 aromatic heterocycles. The van der Waals surface area contributed by atoms with E-state index in [2.05, 4.69) is 15.5 Å². The minimum absolute atomic E-state index is 0.0220. The van der Waals surface area contributed by atoms with E-state index in [4.69, 9.17) is 11.6 Å². The monoisotopic (exact) mass is 392 g/mol. The van der Waals surface area contributed by atoms with E-state index in [1.54, 1.807) is 29.2 Å². The Morgan fingerprint density at radius 2 is 1.85 bits per heavy atom. The van der Waals surface area contributed by atoms with Gasteiger partial charge in [0.25, 0.3) is 5.91 Å². The number of anilines is 1. The first-order chi connectivity index (χ1) is 12.4. The van der Waals surface area contributed by atoms with Gasteiger partial charge in [0.2, 0.25) is 11.0 Å². The van der Waals surface area contributed by atoms with E-state index in [1.165, 1.54) is 11.3 Å². The molecule has 0 bridgehead atoms. The van der Waals surface area contributed by atoms with Crippen molar-refractivity contribution in [1.29, 1.82) is 0 Å². The quantitative estimate of drug-likeness (QED) is 0.858. The summed E-state index contributed by atoms with van der Waals surface area (Å²) in [6.07, 6.45) is 1.28. The van der Waals surface area contributed by atoms with Crippen LogP contribution in [-0.2, 0) is 4.79 Å². The van der Waals surface area contributed by atoms with Crippen LogP contribution in [0.3, 0.4) is 0 Å². The van der Waals surface area contributed by atoms with Crippen molar-refractivity contribution in [2.75, 3.05) is 18.4 Å². The van der Waals surface area contributed by atoms with E-state index in [0.717, 1.165) is 5.01 Å². The Morgan fingerprint density at radius 1 is 1.19 bits per heavy atom. The molecule has 138 valence electrons. The van der Waals surface area contributed by atoms with Gasteiger partial charge in [0, 0.05) is 35.5 Å². The highest BCUT2D eigenvalue weighted by Gasteiger charge is 2.28. The molecule has 0 aliphatic carbocycles. The summed E-state index contributed by atoms with van der Waals surface area (Å²) in [5.41, 5.74) is 0.618. The molecule has 0 radical (unpaired) electrons. The molecule has 1 aliphatic heterocycles. The normalized spacial score (nSPS) is 15.3. The number of carbonyl (C=O) groups is 2. The Hall–Kier alpha value is -1.99. The third kappa shape index (κ3) is 4.40. The van der Waals surface area contributed by atoms with Gasteiger partial charge in [-0.2, -0.15) is 0 Å². The fourth-order valence-electron chi connectivity index (χ4n) is 2.85. The van der Waals surface area contributed by atoms with Crippen LogP contribution < -0.4 is 5.32 Å². The van der Waals surface area contributed by atoms with Gasteiger partial charge in [-0.25, -0.2) is 0 Å². The maximum Gasteiger partial charge on any atom is 0.253 e. The molecule has 8 heteroatoms. The van der Waals surface area contributed by atoms with Crippen molar-refractivity contribution >= 4 is 39.9 Å². The van der Waals surface area contributed by atoms with Crippen LogP contribution >= 0.6 is 22.9 Å². The summed E-state index contributed by atoms with van der Waals surface area (Å²) >= 11 is 7.27. The van der Waals surface area contributed by atoms with Crippen molar-refractivity contribution in [3.05, 3.63) is 39.9 Å². The van der Waals surface area contributed by atoms with E-state index >= 15 is 0 Å². The second kappa shape index (κ2) is 8.14. The topological polar surface area (TPSA) is 75.2 Å². The lowest BCUT2D eigenvalue weighted by Crippen LogP contribution is -2.41. The van der Waals surface area contributed by atoms with Crippen molar-refractivity contribution < 1.29 is 9.59 Å². The average Bonchev–Trinajstić information content (AvgIpc) is 3.11. The predicted octanol–water partition coefficient (Wildman–Crippen LogP) is 3.81. The molecule has 0 spiro atoms. The number of hydrogen-bond donors (Lipinski definition) is 1. The third-order valence-corrected chi connectivity index (χ3v) is 5.80.